The molecule has 0 fully saturated rings. The molecule has 188 valence electrons. The predicted molar refractivity (Wildman–Crippen MR) is 128 cm³/mol. The first-order valence-electron chi connectivity index (χ1n) is 11.6. The van der Waals surface area contributed by atoms with Crippen LogP contribution >= 0.6 is 0 Å². The minimum atomic E-state index is -4.56. The number of ether oxygens (including phenoxy) is 1. The molecule has 1 aliphatic carbocycles. The molecule has 0 radical (unpaired) electrons. The number of hydrogen-bond acceptors (Lipinski definition) is 2. The molecule has 8 heteroatoms. The highest BCUT2D eigenvalue weighted by Gasteiger charge is 2.32. The lowest BCUT2D eigenvalue weighted by molar-refractivity contribution is -0.137. The van der Waals surface area contributed by atoms with Gasteiger partial charge in [0, 0.05) is 29.3 Å². The predicted octanol–water partition coefficient (Wildman–Crippen LogP) is 8.01. The monoisotopic (exact) mass is 501 g/mol. The Balaban J connectivity index is 1.75. The molecule has 0 unspecified atom stereocenters. The Morgan fingerprint density at radius 2 is 1.75 bits per heavy atom. The second kappa shape index (κ2) is 10.5. The normalized spacial score (nSPS) is 13.7. The quantitative estimate of drug-likeness (QED) is 0.333. The lowest BCUT2D eigenvalue weighted by atomic mass is 9.94. The third-order valence-electron chi connectivity index (χ3n) is 6.06. The van der Waals surface area contributed by atoms with Gasteiger partial charge in [-0.3, -0.25) is 4.79 Å². The standard InChI is InChI=1S/C28H24F5NO2/c1-2-27(35)34-21-6-3-5-17(13-21)22-7-4-8-23(22)24-14-19(28(31,32)33)10-12-26(24)36-16-18-9-11-20(29)15-25(18)30/h3,5-6,9-15H,2,4,7-8,16H2,1H3,(H,34,35). The van der Waals surface area contributed by atoms with Crippen LogP contribution < -0.4 is 10.1 Å². The van der Waals surface area contributed by atoms with Gasteiger partial charge in [0.25, 0.3) is 0 Å². The number of nitrogens with one attached hydrogen (secondary N) is 1. The van der Waals surface area contributed by atoms with Crippen molar-refractivity contribution in [3.05, 3.63) is 94.6 Å². The lowest BCUT2D eigenvalue weighted by Gasteiger charge is -2.17. The zero-order valence-electron chi connectivity index (χ0n) is 19.5. The number of anilines is 1. The van der Waals surface area contributed by atoms with Gasteiger partial charge in [-0.05, 0) is 78.4 Å². The Morgan fingerprint density at radius 1 is 0.972 bits per heavy atom. The number of carbonyl (C=O) groups is 1. The second-order valence-corrected chi connectivity index (χ2v) is 8.53. The van der Waals surface area contributed by atoms with Crippen molar-refractivity contribution in [1.29, 1.82) is 0 Å². The highest BCUT2D eigenvalue weighted by atomic mass is 19.4. The van der Waals surface area contributed by atoms with E-state index in [1.165, 1.54) is 12.1 Å². The third kappa shape index (κ3) is 5.75. The van der Waals surface area contributed by atoms with Gasteiger partial charge in [-0.1, -0.05) is 19.1 Å². The van der Waals surface area contributed by atoms with E-state index in [2.05, 4.69) is 5.32 Å². The third-order valence-corrected chi connectivity index (χ3v) is 6.06. The number of allylic oxidation sites excluding steroid dienone is 2. The van der Waals surface area contributed by atoms with E-state index in [0.717, 1.165) is 41.8 Å². The summed E-state index contributed by atoms with van der Waals surface area (Å²) in [6.07, 6.45) is -2.33. The molecule has 1 aliphatic rings. The second-order valence-electron chi connectivity index (χ2n) is 8.53. The fourth-order valence-corrected chi connectivity index (χ4v) is 4.26. The number of amides is 1. The first kappa shape index (κ1) is 25.4. The van der Waals surface area contributed by atoms with Crippen molar-refractivity contribution >= 4 is 22.7 Å². The molecule has 0 bridgehead atoms. The van der Waals surface area contributed by atoms with E-state index in [0.29, 0.717) is 30.5 Å². The topological polar surface area (TPSA) is 38.3 Å². The Bertz CT molecular complexity index is 1310. The molecule has 0 spiro atoms. The SMILES string of the molecule is CCC(=O)Nc1cccc(C2=C(c3cc(C(F)(F)F)ccc3OCc3ccc(F)cc3F)CCC2)c1. The Morgan fingerprint density at radius 3 is 2.47 bits per heavy atom. The molecule has 0 aromatic heterocycles. The molecule has 36 heavy (non-hydrogen) atoms. The molecule has 3 aromatic carbocycles. The molecule has 1 N–H and O–H groups in total. The van der Waals surface area contributed by atoms with E-state index < -0.39 is 23.4 Å². The van der Waals surface area contributed by atoms with Gasteiger partial charge in [0.2, 0.25) is 5.91 Å². The number of carbonyl (C=O) groups excluding carboxylic acids is 1. The zero-order chi connectivity index (χ0) is 25.9. The Labute approximate surface area is 205 Å². The largest absolute Gasteiger partial charge is 0.488 e. The van der Waals surface area contributed by atoms with Gasteiger partial charge in [0.15, 0.2) is 0 Å². The van der Waals surface area contributed by atoms with Gasteiger partial charge in [-0.15, -0.1) is 0 Å². The van der Waals surface area contributed by atoms with Crippen molar-refractivity contribution in [2.45, 2.75) is 45.4 Å². The average molecular weight is 501 g/mol. The lowest BCUT2D eigenvalue weighted by Crippen LogP contribution is -2.09. The number of benzene rings is 3. The van der Waals surface area contributed by atoms with Crippen LogP contribution in [0.25, 0.3) is 11.1 Å². The fourth-order valence-electron chi connectivity index (χ4n) is 4.26. The van der Waals surface area contributed by atoms with Gasteiger partial charge in [0.1, 0.15) is 24.0 Å². The summed E-state index contributed by atoms with van der Waals surface area (Å²) >= 11 is 0. The molecule has 0 heterocycles. The Kier molecular flexibility index (Phi) is 7.43. The molecule has 0 saturated carbocycles. The van der Waals surface area contributed by atoms with Crippen LogP contribution in [0.5, 0.6) is 5.75 Å². The molecule has 3 aromatic rings. The van der Waals surface area contributed by atoms with Crippen LogP contribution in [0.15, 0.2) is 60.7 Å². The van der Waals surface area contributed by atoms with Crippen molar-refractivity contribution in [2.75, 3.05) is 5.32 Å². The minimum Gasteiger partial charge on any atom is -0.488 e. The molecular formula is C28H24F5NO2. The van der Waals surface area contributed by atoms with Gasteiger partial charge in [0.05, 0.1) is 5.56 Å². The van der Waals surface area contributed by atoms with Gasteiger partial charge in [-0.2, -0.15) is 13.2 Å². The van der Waals surface area contributed by atoms with Crippen molar-refractivity contribution in [3.8, 4) is 5.75 Å². The van der Waals surface area contributed by atoms with Gasteiger partial charge in [-0.25, -0.2) is 8.78 Å². The highest BCUT2D eigenvalue weighted by molar-refractivity contribution is 5.96. The minimum absolute atomic E-state index is 0.0854. The maximum absolute atomic E-state index is 14.1. The summed E-state index contributed by atoms with van der Waals surface area (Å²) in [4.78, 5) is 11.8. The van der Waals surface area contributed by atoms with Crippen molar-refractivity contribution < 1.29 is 31.5 Å². The van der Waals surface area contributed by atoms with Crippen LogP contribution in [-0.4, -0.2) is 5.91 Å². The Hall–Kier alpha value is -3.68. The first-order valence-corrected chi connectivity index (χ1v) is 11.6. The average Bonchev–Trinajstić information content (AvgIpc) is 3.33. The number of alkyl halides is 3. The molecule has 0 aliphatic heterocycles. The van der Waals surface area contributed by atoms with Crippen molar-refractivity contribution in [3.63, 3.8) is 0 Å². The van der Waals surface area contributed by atoms with Crippen LogP contribution in [0.3, 0.4) is 0 Å². The molecular weight excluding hydrogens is 477 g/mol. The van der Waals surface area contributed by atoms with Crippen LogP contribution in [0.2, 0.25) is 0 Å². The van der Waals surface area contributed by atoms with E-state index >= 15 is 0 Å². The van der Waals surface area contributed by atoms with E-state index in [-0.39, 0.29) is 29.4 Å². The summed E-state index contributed by atoms with van der Waals surface area (Å²) in [5.41, 5.74) is 2.51. The van der Waals surface area contributed by atoms with E-state index in [9.17, 15) is 26.7 Å². The van der Waals surface area contributed by atoms with Gasteiger partial charge < -0.3 is 10.1 Å². The maximum atomic E-state index is 14.1. The molecule has 0 saturated heterocycles. The molecule has 0 atom stereocenters. The van der Waals surface area contributed by atoms with Crippen LogP contribution in [0, 0.1) is 11.6 Å². The number of halogens is 5. The van der Waals surface area contributed by atoms with E-state index in [1.807, 2.05) is 6.07 Å². The first-order chi connectivity index (χ1) is 17.2. The maximum Gasteiger partial charge on any atom is 0.416 e. The van der Waals surface area contributed by atoms with Crippen LogP contribution in [0.4, 0.5) is 27.6 Å². The van der Waals surface area contributed by atoms with E-state index in [4.69, 9.17) is 4.74 Å². The number of hydrogen-bond donors (Lipinski definition) is 1. The summed E-state index contributed by atoms with van der Waals surface area (Å²) in [7, 11) is 0. The summed E-state index contributed by atoms with van der Waals surface area (Å²) in [6, 6.07) is 13.5. The van der Waals surface area contributed by atoms with Crippen LogP contribution in [0.1, 0.15) is 54.9 Å². The van der Waals surface area contributed by atoms with E-state index in [1.54, 1.807) is 25.1 Å². The highest BCUT2D eigenvalue weighted by Crippen LogP contribution is 2.45. The zero-order valence-corrected chi connectivity index (χ0v) is 19.5. The summed E-state index contributed by atoms with van der Waals surface area (Å²) in [5.74, 6) is -1.49. The van der Waals surface area contributed by atoms with Crippen molar-refractivity contribution in [1.82, 2.24) is 0 Å². The number of rotatable bonds is 7. The molecule has 3 nitrogen and oxygen atoms in total. The smallest absolute Gasteiger partial charge is 0.416 e. The van der Waals surface area contributed by atoms with Crippen LogP contribution in [-0.2, 0) is 17.6 Å². The summed E-state index contributed by atoms with van der Waals surface area (Å²) < 4.78 is 73.8. The van der Waals surface area contributed by atoms with Gasteiger partial charge >= 0.3 is 6.18 Å². The fraction of sp³-hybridized carbons (Fsp3) is 0.250. The molecule has 4 rings (SSSR count). The summed E-state index contributed by atoms with van der Waals surface area (Å²) in [5, 5.41) is 2.80. The van der Waals surface area contributed by atoms with Crippen molar-refractivity contribution in [2.24, 2.45) is 0 Å². The molecule has 1 amide bonds. The summed E-state index contributed by atoms with van der Waals surface area (Å²) in [6.45, 7) is 1.47.